The van der Waals surface area contributed by atoms with Crippen molar-refractivity contribution in [2.75, 3.05) is 19.5 Å². The van der Waals surface area contributed by atoms with Gasteiger partial charge in [-0.3, -0.25) is 0 Å². The smallest absolute Gasteiger partial charge is 0.214 e. The Kier molecular flexibility index (Phi) is 3.05. The van der Waals surface area contributed by atoms with Crippen molar-refractivity contribution >= 4 is 27.4 Å². The summed E-state index contributed by atoms with van der Waals surface area (Å²) in [6, 6.07) is 11.9. The molecule has 0 saturated carbocycles. The summed E-state index contributed by atoms with van der Waals surface area (Å²) >= 11 is 1.57. The fraction of sp³-hybridized carbons (Fsp3) is 0.143. The highest BCUT2D eigenvalue weighted by Crippen LogP contribution is 2.30. The number of nitrogens with one attached hydrogen (secondary N) is 1. The number of aromatic nitrogens is 2. The Balaban J connectivity index is 2.04. The van der Waals surface area contributed by atoms with Gasteiger partial charge in [0.25, 0.3) is 0 Å². The van der Waals surface area contributed by atoms with Gasteiger partial charge in [-0.15, -0.1) is 0 Å². The van der Waals surface area contributed by atoms with Crippen LogP contribution in [0, 0.1) is 0 Å². The molecule has 4 nitrogen and oxygen atoms in total. The molecule has 0 unspecified atom stereocenters. The van der Waals surface area contributed by atoms with Crippen LogP contribution >= 0.6 is 11.3 Å². The van der Waals surface area contributed by atoms with E-state index in [0.717, 1.165) is 26.6 Å². The van der Waals surface area contributed by atoms with Crippen molar-refractivity contribution in [2.45, 2.75) is 0 Å². The fourth-order valence-corrected chi connectivity index (χ4v) is 2.75. The van der Waals surface area contributed by atoms with Crippen LogP contribution in [0.15, 0.2) is 36.4 Å². The lowest BCUT2D eigenvalue weighted by atomic mass is 10.2. The summed E-state index contributed by atoms with van der Waals surface area (Å²) in [6.07, 6.45) is 0. The van der Waals surface area contributed by atoms with Crippen LogP contribution in [-0.4, -0.2) is 24.1 Å². The van der Waals surface area contributed by atoms with Gasteiger partial charge in [0.05, 0.1) is 7.11 Å². The van der Waals surface area contributed by atoms with E-state index in [1.54, 1.807) is 18.4 Å². The lowest BCUT2D eigenvalue weighted by Gasteiger charge is -2.00. The first-order valence-corrected chi connectivity index (χ1v) is 6.71. The van der Waals surface area contributed by atoms with E-state index >= 15 is 0 Å². The van der Waals surface area contributed by atoms with Gasteiger partial charge in [0, 0.05) is 24.4 Å². The molecule has 0 atom stereocenters. The first-order chi connectivity index (χ1) is 9.30. The van der Waals surface area contributed by atoms with Crippen LogP contribution in [0.25, 0.3) is 20.9 Å². The van der Waals surface area contributed by atoms with Crippen LogP contribution in [0.2, 0.25) is 0 Å². The van der Waals surface area contributed by atoms with Gasteiger partial charge in [-0.2, -0.15) is 0 Å². The van der Waals surface area contributed by atoms with Gasteiger partial charge in [0.2, 0.25) is 5.88 Å². The number of ether oxygens (including phenoxy) is 1. The minimum Gasteiger partial charge on any atom is -0.481 e. The zero-order valence-electron chi connectivity index (χ0n) is 10.7. The van der Waals surface area contributed by atoms with Crippen molar-refractivity contribution in [1.82, 2.24) is 9.97 Å². The van der Waals surface area contributed by atoms with E-state index in [1.165, 1.54) is 0 Å². The van der Waals surface area contributed by atoms with Crippen LogP contribution in [0.4, 0.5) is 5.69 Å². The van der Waals surface area contributed by atoms with E-state index in [1.807, 2.05) is 31.3 Å². The molecule has 3 aromatic rings. The first-order valence-electron chi connectivity index (χ1n) is 5.90. The molecule has 2 aromatic heterocycles. The number of anilines is 1. The van der Waals surface area contributed by atoms with Gasteiger partial charge in [-0.25, -0.2) is 9.97 Å². The minimum atomic E-state index is 0.619. The number of benzene rings is 1. The van der Waals surface area contributed by atoms with Gasteiger partial charge in [0.15, 0.2) is 0 Å². The number of thiazole rings is 1. The molecule has 0 saturated heterocycles. The largest absolute Gasteiger partial charge is 0.481 e. The summed E-state index contributed by atoms with van der Waals surface area (Å²) in [6.45, 7) is 0. The molecule has 1 aromatic carbocycles. The molecular weight excluding hydrogens is 258 g/mol. The van der Waals surface area contributed by atoms with Gasteiger partial charge in [-0.1, -0.05) is 11.3 Å². The number of hydrogen-bond acceptors (Lipinski definition) is 5. The predicted molar refractivity (Wildman–Crippen MR) is 78.9 cm³/mol. The molecule has 0 spiro atoms. The van der Waals surface area contributed by atoms with Crippen LogP contribution in [-0.2, 0) is 0 Å². The highest BCUT2D eigenvalue weighted by molar-refractivity contribution is 7.21. The molecular formula is C14H13N3OS. The average Bonchev–Trinajstić information content (AvgIpc) is 2.90. The third kappa shape index (κ3) is 2.24. The first kappa shape index (κ1) is 11.9. The molecule has 96 valence electrons. The minimum absolute atomic E-state index is 0.619. The van der Waals surface area contributed by atoms with Crippen molar-refractivity contribution in [3.63, 3.8) is 0 Å². The molecule has 19 heavy (non-hydrogen) atoms. The van der Waals surface area contributed by atoms with Crippen molar-refractivity contribution in [3.05, 3.63) is 36.4 Å². The lowest BCUT2D eigenvalue weighted by molar-refractivity contribution is 0.400. The second kappa shape index (κ2) is 4.85. The molecule has 0 aliphatic carbocycles. The van der Waals surface area contributed by atoms with E-state index in [-0.39, 0.29) is 0 Å². The molecule has 0 bridgehead atoms. The number of hydrogen-bond donors (Lipinski definition) is 1. The normalized spacial score (nSPS) is 10.6. The van der Waals surface area contributed by atoms with Crippen LogP contribution in [0.3, 0.4) is 0 Å². The van der Waals surface area contributed by atoms with Gasteiger partial charge >= 0.3 is 0 Å². The van der Waals surface area contributed by atoms with E-state index in [4.69, 9.17) is 4.74 Å². The summed E-state index contributed by atoms with van der Waals surface area (Å²) < 4.78 is 5.13. The van der Waals surface area contributed by atoms with Crippen LogP contribution < -0.4 is 10.1 Å². The Bertz CT molecular complexity index is 706. The van der Waals surface area contributed by atoms with E-state index < -0.39 is 0 Å². The van der Waals surface area contributed by atoms with E-state index in [0.29, 0.717) is 5.88 Å². The summed E-state index contributed by atoms with van der Waals surface area (Å²) in [5.41, 5.74) is 3.09. The second-order valence-corrected chi connectivity index (χ2v) is 5.00. The summed E-state index contributed by atoms with van der Waals surface area (Å²) in [5, 5.41) is 4.07. The third-order valence-electron chi connectivity index (χ3n) is 2.86. The van der Waals surface area contributed by atoms with Crippen LogP contribution in [0.5, 0.6) is 5.88 Å². The summed E-state index contributed by atoms with van der Waals surface area (Å²) in [7, 11) is 3.52. The maximum absolute atomic E-state index is 5.13. The summed E-state index contributed by atoms with van der Waals surface area (Å²) in [4.78, 5) is 9.88. The Morgan fingerprint density at radius 3 is 2.53 bits per heavy atom. The topological polar surface area (TPSA) is 47.0 Å². The van der Waals surface area contributed by atoms with E-state index in [2.05, 4.69) is 27.4 Å². The maximum atomic E-state index is 5.13. The molecule has 1 N–H and O–H groups in total. The van der Waals surface area contributed by atoms with Gasteiger partial charge in [-0.05, 0) is 30.3 Å². The standard InChI is InChI=1S/C14H13N3OS/c1-15-10-5-3-9(4-6-10)13-16-11-7-8-12(18-2)17-14(11)19-13/h3-8,15H,1-2H3. The predicted octanol–water partition coefficient (Wildman–Crippen LogP) is 3.41. The Labute approximate surface area is 115 Å². The van der Waals surface area contributed by atoms with Gasteiger partial charge < -0.3 is 10.1 Å². The highest BCUT2D eigenvalue weighted by atomic mass is 32.1. The Morgan fingerprint density at radius 2 is 1.84 bits per heavy atom. The Hall–Kier alpha value is -2.14. The van der Waals surface area contributed by atoms with Crippen molar-refractivity contribution in [1.29, 1.82) is 0 Å². The van der Waals surface area contributed by atoms with Crippen molar-refractivity contribution in [2.24, 2.45) is 0 Å². The number of rotatable bonds is 3. The SMILES string of the molecule is CNc1ccc(-c2nc3ccc(OC)nc3s2)cc1. The molecule has 2 heterocycles. The maximum Gasteiger partial charge on any atom is 0.214 e. The zero-order valence-corrected chi connectivity index (χ0v) is 11.5. The quantitative estimate of drug-likeness (QED) is 0.793. The van der Waals surface area contributed by atoms with Crippen molar-refractivity contribution < 1.29 is 4.74 Å². The Morgan fingerprint density at radius 1 is 1.05 bits per heavy atom. The third-order valence-corrected chi connectivity index (χ3v) is 3.87. The van der Waals surface area contributed by atoms with Crippen molar-refractivity contribution in [3.8, 4) is 16.5 Å². The molecule has 0 aliphatic rings. The molecule has 0 amide bonds. The molecule has 0 aliphatic heterocycles. The number of pyridine rings is 1. The van der Waals surface area contributed by atoms with Gasteiger partial charge in [0.1, 0.15) is 15.4 Å². The van der Waals surface area contributed by atoms with E-state index in [9.17, 15) is 0 Å². The zero-order chi connectivity index (χ0) is 13.2. The fourth-order valence-electron chi connectivity index (χ4n) is 1.82. The molecule has 0 fully saturated rings. The number of methoxy groups -OCH3 is 1. The van der Waals surface area contributed by atoms with Crippen LogP contribution in [0.1, 0.15) is 0 Å². The lowest BCUT2D eigenvalue weighted by Crippen LogP contribution is -1.86. The molecule has 5 heteroatoms. The monoisotopic (exact) mass is 271 g/mol. The highest BCUT2D eigenvalue weighted by Gasteiger charge is 2.08. The molecule has 3 rings (SSSR count). The summed E-state index contributed by atoms with van der Waals surface area (Å²) in [5.74, 6) is 0.619. The number of nitrogens with zero attached hydrogens (tertiary/aromatic N) is 2. The number of fused-ring (bicyclic) bond motifs is 1. The second-order valence-electron chi connectivity index (χ2n) is 4.02. The molecule has 0 radical (unpaired) electrons. The average molecular weight is 271 g/mol.